The summed E-state index contributed by atoms with van der Waals surface area (Å²) in [6, 6.07) is 14.3. The Labute approximate surface area is 169 Å². The monoisotopic (exact) mass is 391 g/mol. The largest absolute Gasteiger partial charge is 0.352 e. The van der Waals surface area contributed by atoms with Crippen molar-refractivity contribution < 1.29 is 9.59 Å². The number of hydrogen-bond donors (Lipinski definition) is 2. The summed E-state index contributed by atoms with van der Waals surface area (Å²) in [5, 5.41) is 6.32. The zero-order valence-electron chi connectivity index (χ0n) is 16.9. The third-order valence-corrected chi connectivity index (χ3v) is 4.77. The van der Waals surface area contributed by atoms with E-state index in [1.807, 2.05) is 45.0 Å². The summed E-state index contributed by atoms with van der Waals surface area (Å²) in [6.45, 7) is 6.23. The third-order valence-electron chi connectivity index (χ3n) is 4.77. The highest BCUT2D eigenvalue weighted by Crippen LogP contribution is 2.19. The summed E-state index contributed by atoms with van der Waals surface area (Å²) in [5.74, 6) is -0.582. The topological polar surface area (TPSA) is 80.2 Å². The van der Waals surface area contributed by atoms with Crippen LogP contribution in [0.2, 0.25) is 0 Å². The molecule has 0 aliphatic rings. The number of rotatable bonds is 6. The average molecular weight is 391 g/mol. The van der Waals surface area contributed by atoms with E-state index in [0.29, 0.717) is 23.0 Å². The van der Waals surface area contributed by atoms with Gasteiger partial charge < -0.3 is 10.6 Å². The number of amides is 2. The molecular formula is C23H25N3O3. The molecule has 2 amide bonds. The zero-order chi connectivity index (χ0) is 21.0. The third kappa shape index (κ3) is 4.54. The van der Waals surface area contributed by atoms with Crippen LogP contribution in [-0.2, 0) is 11.3 Å². The van der Waals surface area contributed by atoms with Crippen molar-refractivity contribution in [2.45, 2.75) is 33.7 Å². The van der Waals surface area contributed by atoms with Crippen molar-refractivity contribution in [3.63, 3.8) is 0 Å². The molecule has 29 heavy (non-hydrogen) atoms. The smallest absolute Gasteiger partial charge is 0.252 e. The van der Waals surface area contributed by atoms with Gasteiger partial charge in [0.1, 0.15) is 6.54 Å². The fourth-order valence-corrected chi connectivity index (χ4v) is 3.22. The van der Waals surface area contributed by atoms with Gasteiger partial charge in [0, 0.05) is 23.7 Å². The van der Waals surface area contributed by atoms with Gasteiger partial charge in [0.2, 0.25) is 5.91 Å². The van der Waals surface area contributed by atoms with E-state index in [1.165, 1.54) is 10.6 Å². The Hall–Kier alpha value is -3.41. The summed E-state index contributed by atoms with van der Waals surface area (Å²) >= 11 is 0. The minimum absolute atomic E-state index is 0.135. The van der Waals surface area contributed by atoms with E-state index in [2.05, 4.69) is 10.6 Å². The van der Waals surface area contributed by atoms with Crippen LogP contribution < -0.4 is 16.2 Å². The van der Waals surface area contributed by atoms with Crippen molar-refractivity contribution in [1.82, 2.24) is 9.88 Å². The van der Waals surface area contributed by atoms with Crippen LogP contribution >= 0.6 is 0 Å². The number of carbonyl (C=O) groups excluding carboxylic acids is 2. The van der Waals surface area contributed by atoms with Gasteiger partial charge in [0.05, 0.1) is 11.1 Å². The van der Waals surface area contributed by atoms with Crippen molar-refractivity contribution >= 4 is 28.4 Å². The van der Waals surface area contributed by atoms with E-state index in [9.17, 15) is 14.4 Å². The quantitative estimate of drug-likeness (QED) is 0.676. The van der Waals surface area contributed by atoms with Gasteiger partial charge in [-0.1, -0.05) is 37.3 Å². The highest BCUT2D eigenvalue weighted by atomic mass is 16.2. The predicted molar refractivity (Wildman–Crippen MR) is 115 cm³/mol. The molecule has 0 atom stereocenters. The van der Waals surface area contributed by atoms with Gasteiger partial charge in [0.15, 0.2) is 0 Å². The van der Waals surface area contributed by atoms with Gasteiger partial charge in [-0.25, -0.2) is 0 Å². The molecule has 3 aromatic rings. The number of nitrogens with zero attached hydrogens (tertiary/aromatic N) is 1. The standard InChI is InChI=1S/C23H25N3O3/c1-4-11-24-23(29)18-13-22(28)26(20-8-6-5-7-17(18)20)14-21(27)25-19-12-15(2)9-10-16(19)3/h5-10,12-13H,4,11,14H2,1-3H3,(H,24,29)(H,25,27). The van der Waals surface area contributed by atoms with Crippen molar-refractivity contribution in [2.75, 3.05) is 11.9 Å². The summed E-state index contributed by atoms with van der Waals surface area (Å²) in [6.07, 6.45) is 0.805. The molecule has 0 aliphatic heterocycles. The van der Waals surface area contributed by atoms with Gasteiger partial charge in [-0.2, -0.15) is 0 Å². The molecule has 0 unspecified atom stereocenters. The fourth-order valence-electron chi connectivity index (χ4n) is 3.22. The maximum Gasteiger partial charge on any atom is 0.252 e. The van der Waals surface area contributed by atoms with Crippen LogP contribution in [0.3, 0.4) is 0 Å². The maximum absolute atomic E-state index is 12.7. The van der Waals surface area contributed by atoms with Crippen LogP contribution in [0.25, 0.3) is 10.9 Å². The lowest BCUT2D eigenvalue weighted by molar-refractivity contribution is -0.116. The number of carbonyl (C=O) groups is 2. The molecule has 0 fully saturated rings. The van der Waals surface area contributed by atoms with Gasteiger partial charge >= 0.3 is 0 Å². The number of anilines is 1. The van der Waals surface area contributed by atoms with Crippen LogP contribution in [-0.4, -0.2) is 22.9 Å². The predicted octanol–water partition coefficient (Wildman–Crippen LogP) is 3.40. The highest BCUT2D eigenvalue weighted by Gasteiger charge is 2.16. The second-order valence-electron chi connectivity index (χ2n) is 7.12. The molecule has 0 bridgehead atoms. The lowest BCUT2D eigenvalue weighted by Crippen LogP contribution is -2.31. The minimum atomic E-state index is -0.388. The molecule has 6 heteroatoms. The molecule has 2 aromatic carbocycles. The molecule has 6 nitrogen and oxygen atoms in total. The van der Waals surface area contributed by atoms with Gasteiger partial charge in [0.25, 0.3) is 11.5 Å². The first kappa shape index (κ1) is 20.3. The van der Waals surface area contributed by atoms with Gasteiger partial charge in [-0.05, 0) is 43.5 Å². The highest BCUT2D eigenvalue weighted by molar-refractivity contribution is 6.06. The van der Waals surface area contributed by atoms with Crippen LogP contribution in [0, 0.1) is 13.8 Å². The van der Waals surface area contributed by atoms with E-state index in [4.69, 9.17) is 0 Å². The van der Waals surface area contributed by atoms with Crippen molar-refractivity contribution in [2.24, 2.45) is 0 Å². The Balaban J connectivity index is 1.95. The van der Waals surface area contributed by atoms with E-state index in [-0.39, 0.29) is 23.9 Å². The number of benzene rings is 2. The van der Waals surface area contributed by atoms with E-state index in [1.54, 1.807) is 18.2 Å². The lowest BCUT2D eigenvalue weighted by atomic mass is 10.1. The number of para-hydroxylation sites is 1. The molecule has 0 saturated carbocycles. The summed E-state index contributed by atoms with van der Waals surface area (Å²) in [7, 11) is 0. The first-order valence-corrected chi connectivity index (χ1v) is 9.68. The van der Waals surface area contributed by atoms with E-state index >= 15 is 0 Å². The van der Waals surface area contributed by atoms with E-state index in [0.717, 1.165) is 23.2 Å². The first-order valence-electron chi connectivity index (χ1n) is 9.68. The molecule has 0 radical (unpaired) electrons. The molecule has 1 heterocycles. The number of hydrogen-bond acceptors (Lipinski definition) is 3. The summed E-state index contributed by atoms with van der Waals surface area (Å²) < 4.78 is 1.40. The summed E-state index contributed by atoms with van der Waals surface area (Å²) in [5.41, 5.74) is 3.20. The number of fused-ring (bicyclic) bond motifs is 1. The Bertz CT molecular complexity index is 1130. The second-order valence-corrected chi connectivity index (χ2v) is 7.12. The SMILES string of the molecule is CCCNC(=O)c1cc(=O)n(CC(=O)Nc2cc(C)ccc2C)c2ccccc12. The minimum Gasteiger partial charge on any atom is -0.352 e. The lowest BCUT2D eigenvalue weighted by Gasteiger charge is -2.14. The molecule has 0 aliphatic carbocycles. The Kier molecular flexibility index (Phi) is 6.12. The molecule has 2 N–H and O–H groups in total. The van der Waals surface area contributed by atoms with Crippen LogP contribution in [0.4, 0.5) is 5.69 Å². The molecule has 1 aromatic heterocycles. The number of aryl methyl sites for hydroxylation is 2. The Morgan fingerprint density at radius 2 is 1.79 bits per heavy atom. The molecule has 150 valence electrons. The normalized spacial score (nSPS) is 10.7. The average Bonchev–Trinajstić information content (AvgIpc) is 2.70. The van der Waals surface area contributed by atoms with Crippen molar-refractivity contribution in [1.29, 1.82) is 0 Å². The maximum atomic E-state index is 12.7. The Morgan fingerprint density at radius 1 is 1.03 bits per heavy atom. The van der Waals surface area contributed by atoms with Crippen LogP contribution in [0.5, 0.6) is 0 Å². The molecular weight excluding hydrogens is 366 g/mol. The molecule has 3 rings (SSSR count). The number of nitrogens with one attached hydrogen (secondary N) is 2. The molecule has 0 saturated heterocycles. The number of pyridine rings is 1. The second kappa shape index (κ2) is 8.73. The first-order chi connectivity index (χ1) is 13.9. The Morgan fingerprint density at radius 3 is 2.55 bits per heavy atom. The van der Waals surface area contributed by atoms with Crippen LogP contribution in [0.15, 0.2) is 53.3 Å². The molecule has 0 spiro atoms. The fraction of sp³-hybridized carbons (Fsp3) is 0.261. The van der Waals surface area contributed by atoms with Crippen molar-refractivity contribution in [3.8, 4) is 0 Å². The number of aromatic nitrogens is 1. The van der Waals surface area contributed by atoms with Gasteiger partial charge in [-0.15, -0.1) is 0 Å². The van der Waals surface area contributed by atoms with E-state index < -0.39 is 0 Å². The zero-order valence-corrected chi connectivity index (χ0v) is 16.9. The van der Waals surface area contributed by atoms with Crippen LogP contribution in [0.1, 0.15) is 34.8 Å². The summed E-state index contributed by atoms with van der Waals surface area (Å²) in [4.78, 5) is 37.9. The van der Waals surface area contributed by atoms with Gasteiger partial charge in [-0.3, -0.25) is 19.0 Å². The van der Waals surface area contributed by atoms with Crippen molar-refractivity contribution in [3.05, 3.63) is 75.6 Å².